The summed E-state index contributed by atoms with van der Waals surface area (Å²) in [5.74, 6) is 0.437. The van der Waals surface area contributed by atoms with Crippen molar-refractivity contribution in [2.45, 2.75) is 19.4 Å². The van der Waals surface area contributed by atoms with Gasteiger partial charge in [0.15, 0.2) is 0 Å². The summed E-state index contributed by atoms with van der Waals surface area (Å²) in [7, 11) is 1.61. The summed E-state index contributed by atoms with van der Waals surface area (Å²) in [6.45, 7) is 0.825. The molecule has 0 radical (unpaired) electrons. The zero-order valence-electron chi connectivity index (χ0n) is 20.1. The van der Waals surface area contributed by atoms with E-state index in [1.807, 2.05) is 78.9 Å². The topological polar surface area (TPSA) is 93.2 Å². The summed E-state index contributed by atoms with van der Waals surface area (Å²) in [6, 6.07) is 26.2. The number of pyridine rings is 2. The summed E-state index contributed by atoms with van der Waals surface area (Å²) in [4.78, 5) is 34.1. The average molecular weight is 481 g/mol. The van der Waals surface area contributed by atoms with Gasteiger partial charge in [-0.1, -0.05) is 48.5 Å². The molecule has 0 saturated heterocycles. The maximum Gasteiger partial charge on any atom is 0.269 e. The second kappa shape index (κ2) is 12.3. The predicted molar refractivity (Wildman–Crippen MR) is 138 cm³/mol. The van der Waals surface area contributed by atoms with E-state index in [0.29, 0.717) is 30.9 Å². The monoisotopic (exact) mass is 480 g/mol. The van der Waals surface area contributed by atoms with Gasteiger partial charge in [0.05, 0.1) is 19.2 Å². The van der Waals surface area contributed by atoms with Crippen molar-refractivity contribution in [2.75, 3.05) is 13.7 Å². The van der Waals surface area contributed by atoms with Gasteiger partial charge in [-0.05, 0) is 47.5 Å². The Morgan fingerprint density at radius 2 is 1.67 bits per heavy atom. The minimum absolute atomic E-state index is 0.0797. The normalized spacial score (nSPS) is 10.5. The zero-order valence-corrected chi connectivity index (χ0v) is 20.1. The summed E-state index contributed by atoms with van der Waals surface area (Å²) < 4.78 is 5.16. The van der Waals surface area contributed by atoms with Crippen molar-refractivity contribution < 1.29 is 14.3 Å². The van der Waals surface area contributed by atoms with Crippen LogP contribution in [0.15, 0.2) is 91.1 Å². The number of ether oxygens (including phenoxy) is 1. The fourth-order valence-electron chi connectivity index (χ4n) is 3.76. The molecular formula is C29H28N4O3. The summed E-state index contributed by atoms with van der Waals surface area (Å²) in [5, 5.41) is 5.89. The van der Waals surface area contributed by atoms with Gasteiger partial charge < -0.3 is 15.4 Å². The molecule has 2 aromatic heterocycles. The van der Waals surface area contributed by atoms with Gasteiger partial charge in [0.1, 0.15) is 11.4 Å². The maximum absolute atomic E-state index is 12.7. The Morgan fingerprint density at radius 1 is 0.861 bits per heavy atom. The van der Waals surface area contributed by atoms with E-state index in [9.17, 15) is 9.59 Å². The van der Waals surface area contributed by atoms with Gasteiger partial charge in [-0.15, -0.1) is 0 Å². The van der Waals surface area contributed by atoms with Gasteiger partial charge in [-0.25, -0.2) is 4.98 Å². The molecule has 0 aliphatic rings. The van der Waals surface area contributed by atoms with E-state index in [1.54, 1.807) is 19.4 Å². The van der Waals surface area contributed by atoms with E-state index in [-0.39, 0.29) is 18.2 Å². The first-order chi connectivity index (χ1) is 17.6. The zero-order chi connectivity index (χ0) is 25.2. The Bertz CT molecular complexity index is 1310. The second-order valence-electron chi connectivity index (χ2n) is 8.19. The molecule has 0 atom stereocenters. The average Bonchev–Trinajstić information content (AvgIpc) is 2.93. The highest BCUT2D eigenvalue weighted by atomic mass is 16.5. The highest BCUT2D eigenvalue weighted by Gasteiger charge is 2.12. The van der Waals surface area contributed by atoms with Gasteiger partial charge in [0.2, 0.25) is 5.91 Å². The molecule has 2 amide bonds. The molecule has 0 aliphatic heterocycles. The first-order valence-corrected chi connectivity index (χ1v) is 11.8. The van der Waals surface area contributed by atoms with E-state index in [4.69, 9.17) is 4.74 Å². The second-order valence-corrected chi connectivity index (χ2v) is 8.19. The van der Waals surface area contributed by atoms with Crippen LogP contribution in [0.25, 0.3) is 11.3 Å². The van der Waals surface area contributed by atoms with Gasteiger partial charge in [-0.3, -0.25) is 14.6 Å². The van der Waals surface area contributed by atoms with Crippen molar-refractivity contribution in [3.63, 3.8) is 0 Å². The molecule has 0 saturated carbocycles. The van der Waals surface area contributed by atoms with Crippen LogP contribution in [0.4, 0.5) is 0 Å². The van der Waals surface area contributed by atoms with Crippen molar-refractivity contribution in [3.05, 3.63) is 114 Å². The molecule has 7 nitrogen and oxygen atoms in total. The van der Waals surface area contributed by atoms with E-state index >= 15 is 0 Å². The standard InChI is InChI=1S/C29H28N4O3/c1-36-24-14-12-21(13-15-24)19-28(34)32-20-22-7-2-3-9-25(22)26-10-6-11-27(33-26)29(35)31-18-16-23-8-4-5-17-30-23/h2-15,17H,16,18-20H2,1H3,(H,31,35)(H,32,34). The molecule has 7 heteroatoms. The third-order valence-corrected chi connectivity index (χ3v) is 5.67. The van der Waals surface area contributed by atoms with Crippen molar-refractivity contribution in [3.8, 4) is 17.0 Å². The van der Waals surface area contributed by atoms with Gasteiger partial charge >= 0.3 is 0 Å². The van der Waals surface area contributed by atoms with Crippen LogP contribution in [0, 0.1) is 0 Å². The van der Waals surface area contributed by atoms with Crippen molar-refractivity contribution in [2.24, 2.45) is 0 Å². The fraction of sp³-hybridized carbons (Fsp3) is 0.172. The molecule has 2 N–H and O–H groups in total. The number of aromatic nitrogens is 2. The highest BCUT2D eigenvalue weighted by molar-refractivity contribution is 5.92. The number of nitrogens with one attached hydrogen (secondary N) is 2. The van der Waals surface area contributed by atoms with Crippen LogP contribution in [0.2, 0.25) is 0 Å². The SMILES string of the molecule is COc1ccc(CC(=O)NCc2ccccc2-c2cccc(C(=O)NCCc3ccccn3)n2)cc1. The van der Waals surface area contributed by atoms with Crippen LogP contribution in [-0.2, 0) is 24.2 Å². The highest BCUT2D eigenvalue weighted by Crippen LogP contribution is 2.22. The Hall–Kier alpha value is -4.52. The molecule has 0 fully saturated rings. The van der Waals surface area contributed by atoms with Crippen LogP contribution >= 0.6 is 0 Å². The Kier molecular flexibility index (Phi) is 8.38. The van der Waals surface area contributed by atoms with Gasteiger partial charge in [-0.2, -0.15) is 0 Å². The van der Waals surface area contributed by atoms with Crippen LogP contribution < -0.4 is 15.4 Å². The summed E-state index contributed by atoms with van der Waals surface area (Å²) in [6.07, 6.45) is 2.66. The lowest BCUT2D eigenvalue weighted by Crippen LogP contribution is -2.27. The molecule has 0 bridgehead atoms. The summed E-state index contributed by atoms with van der Waals surface area (Å²) in [5.41, 5.74) is 4.62. The van der Waals surface area contributed by atoms with Crippen LogP contribution in [0.3, 0.4) is 0 Å². The van der Waals surface area contributed by atoms with Crippen molar-refractivity contribution >= 4 is 11.8 Å². The molecule has 182 valence electrons. The number of methoxy groups -OCH3 is 1. The van der Waals surface area contributed by atoms with Gasteiger partial charge in [0, 0.05) is 37.0 Å². The van der Waals surface area contributed by atoms with Crippen LogP contribution in [0.5, 0.6) is 5.75 Å². The predicted octanol–water partition coefficient (Wildman–Crippen LogP) is 3.98. The van der Waals surface area contributed by atoms with Crippen LogP contribution in [-0.4, -0.2) is 35.4 Å². The van der Waals surface area contributed by atoms with Crippen molar-refractivity contribution in [1.82, 2.24) is 20.6 Å². The first-order valence-electron chi connectivity index (χ1n) is 11.8. The lowest BCUT2D eigenvalue weighted by Gasteiger charge is -2.12. The maximum atomic E-state index is 12.7. The molecule has 2 heterocycles. The molecule has 2 aromatic carbocycles. The number of hydrogen-bond acceptors (Lipinski definition) is 5. The number of carbonyl (C=O) groups is 2. The molecule has 0 aliphatic carbocycles. The van der Waals surface area contributed by atoms with Crippen LogP contribution in [0.1, 0.15) is 27.3 Å². The third kappa shape index (κ3) is 6.76. The Labute approximate surface area is 210 Å². The van der Waals surface area contributed by atoms with E-state index in [2.05, 4.69) is 20.6 Å². The number of carbonyl (C=O) groups excluding carboxylic acids is 2. The number of benzene rings is 2. The fourth-order valence-corrected chi connectivity index (χ4v) is 3.76. The molecule has 0 unspecified atom stereocenters. The molecule has 4 rings (SSSR count). The van der Waals surface area contributed by atoms with Gasteiger partial charge in [0.25, 0.3) is 5.91 Å². The largest absolute Gasteiger partial charge is 0.497 e. The smallest absolute Gasteiger partial charge is 0.269 e. The number of amides is 2. The molecule has 4 aromatic rings. The minimum Gasteiger partial charge on any atom is -0.497 e. The van der Waals surface area contributed by atoms with E-state index in [0.717, 1.165) is 28.1 Å². The van der Waals surface area contributed by atoms with E-state index < -0.39 is 0 Å². The molecule has 36 heavy (non-hydrogen) atoms. The molecule has 0 spiro atoms. The lowest BCUT2D eigenvalue weighted by atomic mass is 10.0. The third-order valence-electron chi connectivity index (χ3n) is 5.67. The Balaban J connectivity index is 1.38. The van der Waals surface area contributed by atoms with Crippen molar-refractivity contribution in [1.29, 1.82) is 0 Å². The number of nitrogens with zero attached hydrogens (tertiary/aromatic N) is 2. The summed E-state index contributed by atoms with van der Waals surface area (Å²) >= 11 is 0. The number of rotatable bonds is 10. The Morgan fingerprint density at radius 3 is 2.44 bits per heavy atom. The lowest BCUT2D eigenvalue weighted by molar-refractivity contribution is -0.120. The first kappa shape index (κ1) is 24.6. The quantitative estimate of drug-likeness (QED) is 0.358. The number of hydrogen-bond donors (Lipinski definition) is 2. The minimum atomic E-state index is -0.238. The molecular weight excluding hydrogens is 452 g/mol. The van der Waals surface area contributed by atoms with E-state index in [1.165, 1.54) is 0 Å².